The second-order valence-corrected chi connectivity index (χ2v) is 1.87. The molecule has 1 heterocycles. The fourth-order valence-corrected chi connectivity index (χ4v) is 0.612. The topological polar surface area (TPSA) is 82.2 Å². The Morgan fingerprint density at radius 2 is 2.27 bits per heavy atom. The van der Waals surface area contributed by atoms with E-state index in [9.17, 15) is 9.59 Å². The Morgan fingerprint density at radius 3 is 2.73 bits per heavy atom. The average Bonchev–Trinajstić information content (AvgIpc) is 1.93. The summed E-state index contributed by atoms with van der Waals surface area (Å²) in [5, 5.41) is 10.3. The summed E-state index contributed by atoms with van der Waals surface area (Å²) in [6, 6.07) is 2.62. The van der Waals surface area contributed by atoms with Crippen molar-refractivity contribution in [2.24, 2.45) is 0 Å². The molecule has 0 saturated heterocycles. The van der Waals surface area contributed by atoms with Gasteiger partial charge < -0.3 is 10.1 Å². The van der Waals surface area contributed by atoms with Gasteiger partial charge in [-0.25, -0.2) is 4.79 Å². The lowest BCUT2D eigenvalue weighted by molar-refractivity contribution is 0.209. The summed E-state index contributed by atoms with van der Waals surface area (Å²) in [5.41, 5.74) is 0.0815. The van der Waals surface area contributed by atoms with Crippen LogP contribution < -0.4 is 10.9 Å². The summed E-state index contributed by atoms with van der Waals surface area (Å²) in [6.07, 6.45) is 0.133. The zero-order valence-corrected chi connectivity index (χ0v) is 5.50. The van der Waals surface area contributed by atoms with Gasteiger partial charge in [0.2, 0.25) is 5.56 Å². The Balaban J connectivity index is 2.82. The lowest BCUT2D eigenvalue weighted by atomic mass is 10.4. The fraction of sp³-hybridized carbons (Fsp3) is 0. The molecule has 5 nitrogen and oxygen atoms in total. The van der Waals surface area contributed by atoms with Crippen LogP contribution in [0.5, 0.6) is 0 Å². The number of aromatic nitrogens is 1. The van der Waals surface area contributed by atoms with Gasteiger partial charge in [0.25, 0.3) is 0 Å². The Kier molecular flexibility index (Phi) is 1.91. The number of hydrogen-bond acceptors (Lipinski definition) is 2. The molecule has 11 heavy (non-hydrogen) atoms. The highest BCUT2D eigenvalue weighted by atomic mass is 16.4. The molecule has 0 radical (unpaired) electrons. The van der Waals surface area contributed by atoms with Gasteiger partial charge in [-0.1, -0.05) is 0 Å². The maximum absolute atomic E-state index is 10.5. The molecule has 0 saturated carbocycles. The van der Waals surface area contributed by atoms with Crippen LogP contribution in [0.1, 0.15) is 0 Å². The highest BCUT2D eigenvalue weighted by Gasteiger charge is 1.95. The summed E-state index contributed by atoms with van der Waals surface area (Å²) >= 11 is 0. The van der Waals surface area contributed by atoms with E-state index in [1.165, 1.54) is 18.3 Å². The van der Waals surface area contributed by atoms with Crippen molar-refractivity contribution in [3.63, 3.8) is 0 Å². The van der Waals surface area contributed by atoms with Gasteiger partial charge in [-0.05, 0) is 6.07 Å². The Labute approximate surface area is 61.7 Å². The number of nitrogens with one attached hydrogen (secondary N) is 2. The molecule has 5 heteroatoms. The molecule has 0 aliphatic rings. The quantitative estimate of drug-likeness (QED) is 0.549. The third-order valence-electron chi connectivity index (χ3n) is 1.04. The number of aromatic amines is 1. The van der Waals surface area contributed by atoms with Crippen LogP contribution in [0.25, 0.3) is 0 Å². The van der Waals surface area contributed by atoms with E-state index in [0.29, 0.717) is 5.69 Å². The molecule has 1 aromatic heterocycles. The van der Waals surface area contributed by atoms with Gasteiger partial charge in [0.15, 0.2) is 0 Å². The van der Waals surface area contributed by atoms with E-state index in [1.807, 2.05) is 0 Å². The molecule has 3 N–H and O–H groups in total. The van der Waals surface area contributed by atoms with E-state index in [-0.39, 0.29) is 5.56 Å². The maximum atomic E-state index is 10.5. The Bertz CT molecular complexity index is 297. The van der Waals surface area contributed by atoms with Gasteiger partial charge in [0.05, 0.1) is 5.69 Å². The summed E-state index contributed by atoms with van der Waals surface area (Å²) in [6.45, 7) is 0. The van der Waals surface area contributed by atoms with Crippen molar-refractivity contribution in [2.75, 3.05) is 5.32 Å². The van der Waals surface area contributed by atoms with Gasteiger partial charge in [-0.2, -0.15) is 0 Å². The molecule has 0 spiro atoms. The predicted molar refractivity (Wildman–Crippen MR) is 38.7 cm³/mol. The SMILES string of the molecule is O=C(O)Nc1ccc(=O)[nH]c1. The molecule has 1 amide bonds. The minimum absolute atomic E-state index is 0.263. The maximum Gasteiger partial charge on any atom is 0.409 e. The first kappa shape index (κ1) is 7.33. The van der Waals surface area contributed by atoms with Gasteiger partial charge in [-0.15, -0.1) is 0 Å². The summed E-state index contributed by atoms with van der Waals surface area (Å²) < 4.78 is 0. The molecule has 1 rings (SSSR count). The molecular formula is C6H6N2O3. The number of amides is 1. The monoisotopic (exact) mass is 154 g/mol. The second-order valence-electron chi connectivity index (χ2n) is 1.87. The van der Waals surface area contributed by atoms with E-state index in [1.54, 1.807) is 0 Å². The average molecular weight is 154 g/mol. The van der Waals surface area contributed by atoms with Crippen molar-refractivity contribution in [1.82, 2.24) is 4.98 Å². The molecule has 0 aliphatic heterocycles. The zero-order chi connectivity index (χ0) is 8.27. The zero-order valence-electron chi connectivity index (χ0n) is 5.50. The van der Waals surface area contributed by atoms with E-state index < -0.39 is 6.09 Å². The largest absolute Gasteiger partial charge is 0.465 e. The second kappa shape index (κ2) is 2.87. The van der Waals surface area contributed by atoms with Crippen LogP contribution in [0.4, 0.5) is 10.5 Å². The number of pyridine rings is 1. The first-order chi connectivity index (χ1) is 5.18. The molecule has 0 bridgehead atoms. The third kappa shape index (κ3) is 2.13. The fourth-order valence-electron chi connectivity index (χ4n) is 0.612. The number of carbonyl (C=O) groups is 1. The van der Waals surface area contributed by atoms with Gasteiger partial charge in [-0.3, -0.25) is 10.1 Å². The lowest BCUT2D eigenvalue weighted by Crippen LogP contribution is -2.10. The number of rotatable bonds is 1. The first-order valence-corrected chi connectivity index (χ1v) is 2.87. The predicted octanol–water partition coefficient (Wildman–Crippen LogP) is 0.465. The number of anilines is 1. The van der Waals surface area contributed by atoms with Crippen LogP contribution in [0.3, 0.4) is 0 Å². The van der Waals surface area contributed by atoms with Crippen LogP contribution in [0.15, 0.2) is 23.1 Å². The van der Waals surface area contributed by atoms with E-state index in [4.69, 9.17) is 5.11 Å². The number of carboxylic acid groups (broad SMARTS) is 1. The van der Waals surface area contributed by atoms with E-state index in [2.05, 4.69) is 10.3 Å². The standard InChI is InChI=1S/C6H6N2O3/c9-5-2-1-4(3-7-5)8-6(10)11/h1-3,8H,(H,7,9)(H,10,11). The van der Waals surface area contributed by atoms with Gasteiger partial charge >= 0.3 is 6.09 Å². The van der Waals surface area contributed by atoms with Crippen molar-refractivity contribution in [3.05, 3.63) is 28.7 Å². The minimum atomic E-state index is -1.16. The van der Waals surface area contributed by atoms with E-state index in [0.717, 1.165) is 0 Å². The van der Waals surface area contributed by atoms with Crippen molar-refractivity contribution >= 4 is 11.8 Å². The van der Waals surface area contributed by atoms with Gasteiger partial charge in [0, 0.05) is 12.3 Å². The van der Waals surface area contributed by atoms with Crippen molar-refractivity contribution < 1.29 is 9.90 Å². The Hall–Kier alpha value is -1.78. The summed E-state index contributed by atoms with van der Waals surface area (Å²) in [5.74, 6) is 0. The molecule has 0 aliphatic carbocycles. The van der Waals surface area contributed by atoms with Crippen LogP contribution in [0, 0.1) is 0 Å². The van der Waals surface area contributed by atoms with Gasteiger partial charge in [0.1, 0.15) is 0 Å². The van der Waals surface area contributed by atoms with Crippen molar-refractivity contribution in [1.29, 1.82) is 0 Å². The smallest absolute Gasteiger partial charge is 0.409 e. The number of H-pyrrole nitrogens is 1. The molecular weight excluding hydrogens is 148 g/mol. The molecule has 58 valence electrons. The van der Waals surface area contributed by atoms with Crippen LogP contribution in [-0.4, -0.2) is 16.2 Å². The van der Waals surface area contributed by atoms with Crippen LogP contribution in [-0.2, 0) is 0 Å². The Morgan fingerprint density at radius 1 is 1.55 bits per heavy atom. The first-order valence-electron chi connectivity index (χ1n) is 2.87. The van der Waals surface area contributed by atoms with Crippen LogP contribution in [0.2, 0.25) is 0 Å². The molecule has 0 atom stereocenters. The lowest BCUT2D eigenvalue weighted by Gasteiger charge is -1.96. The van der Waals surface area contributed by atoms with E-state index >= 15 is 0 Å². The summed E-state index contributed by atoms with van der Waals surface area (Å²) in [4.78, 5) is 22.9. The molecule has 1 aromatic rings. The molecule has 0 fully saturated rings. The van der Waals surface area contributed by atoms with Crippen molar-refractivity contribution in [3.8, 4) is 0 Å². The van der Waals surface area contributed by atoms with Crippen molar-refractivity contribution in [2.45, 2.75) is 0 Å². The molecule has 0 unspecified atom stereocenters. The van der Waals surface area contributed by atoms with Crippen LogP contribution >= 0.6 is 0 Å². The molecule has 0 aromatic carbocycles. The number of hydrogen-bond donors (Lipinski definition) is 3. The summed E-state index contributed by atoms with van der Waals surface area (Å²) in [7, 11) is 0. The highest BCUT2D eigenvalue weighted by molar-refractivity contribution is 5.82. The minimum Gasteiger partial charge on any atom is -0.465 e. The highest BCUT2D eigenvalue weighted by Crippen LogP contribution is 1.98. The normalized spacial score (nSPS) is 9.09. The third-order valence-corrected chi connectivity index (χ3v) is 1.04.